The summed E-state index contributed by atoms with van der Waals surface area (Å²) in [6, 6.07) is 13.9. The number of halogens is 1. The molecule has 0 spiro atoms. The van der Waals surface area contributed by atoms with Gasteiger partial charge >= 0.3 is 0 Å². The molecule has 0 aliphatic carbocycles. The lowest BCUT2D eigenvalue weighted by atomic mass is 10.2. The highest BCUT2D eigenvalue weighted by Gasteiger charge is 2.12. The number of hydrogen-bond donors (Lipinski definition) is 1. The van der Waals surface area contributed by atoms with Gasteiger partial charge in [0.2, 0.25) is 5.82 Å². The molecule has 21 heavy (non-hydrogen) atoms. The predicted octanol–water partition coefficient (Wildman–Crippen LogP) is 3.67. The number of nitrogens with zero attached hydrogens (tertiary/aromatic N) is 2. The first-order chi connectivity index (χ1) is 10.2. The van der Waals surface area contributed by atoms with Crippen molar-refractivity contribution >= 4 is 11.6 Å². The molecule has 0 bridgehead atoms. The molecule has 3 aromatic rings. The van der Waals surface area contributed by atoms with Gasteiger partial charge in [0.05, 0.1) is 10.6 Å². The zero-order valence-corrected chi connectivity index (χ0v) is 11.6. The molecular weight excluding hydrogens is 292 g/mol. The first-order valence-electron chi connectivity index (χ1n) is 6.22. The monoisotopic (exact) mass is 302 g/mol. The van der Waals surface area contributed by atoms with Gasteiger partial charge in [-0.1, -0.05) is 41.0 Å². The second-order valence-corrected chi connectivity index (χ2v) is 4.66. The summed E-state index contributed by atoms with van der Waals surface area (Å²) in [5.41, 5.74) is 0.481. The quantitative estimate of drug-likeness (QED) is 0.796. The second-order valence-electron chi connectivity index (χ2n) is 4.25. The SMILES string of the molecule is Oc1ccccc1-c1nc(COc2ccccc2Cl)no1. The Morgan fingerprint density at radius 1 is 1.10 bits per heavy atom. The molecule has 0 aliphatic rings. The molecule has 1 N–H and O–H groups in total. The molecule has 1 aromatic heterocycles. The van der Waals surface area contributed by atoms with Gasteiger partial charge in [0.15, 0.2) is 6.61 Å². The molecule has 3 rings (SSSR count). The van der Waals surface area contributed by atoms with Gasteiger partial charge in [0.25, 0.3) is 5.89 Å². The lowest BCUT2D eigenvalue weighted by Crippen LogP contribution is -1.97. The van der Waals surface area contributed by atoms with Crippen molar-refractivity contribution in [3.8, 4) is 23.0 Å². The minimum absolute atomic E-state index is 0.0831. The number of rotatable bonds is 4. The van der Waals surface area contributed by atoms with Crippen LogP contribution in [0, 0.1) is 0 Å². The van der Waals surface area contributed by atoms with E-state index < -0.39 is 0 Å². The van der Waals surface area contributed by atoms with Crippen LogP contribution in [0.1, 0.15) is 5.82 Å². The molecule has 0 saturated heterocycles. The van der Waals surface area contributed by atoms with E-state index in [0.717, 1.165) is 0 Å². The van der Waals surface area contributed by atoms with Crippen LogP contribution in [-0.4, -0.2) is 15.2 Å². The minimum Gasteiger partial charge on any atom is -0.507 e. The van der Waals surface area contributed by atoms with E-state index in [4.69, 9.17) is 20.9 Å². The van der Waals surface area contributed by atoms with Gasteiger partial charge in [0.1, 0.15) is 11.5 Å². The summed E-state index contributed by atoms with van der Waals surface area (Å²) in [7, 11) is 0. The number of aromatic hydroxyl groups is 1. The van der Waals surface area contributed by atoms with Crippen LogP contribution >= 0.6 is 11.6 Å². The maximum atomic E-state index is 9.74. The highest BCUT2D eigenvalue weighted by Crippen LogP contribution is 2.27. The minimum atomic E-state index is 0.0831. The Hall–Kier alpha value is -2.53. The topological polar surface area (TPSA) is 68.4 Å². The molecule has 0 saturated carbocycles. The van der Waals surface area contributed by atoms with E-state index in [2.05, 4.69) is 10.1 Å². The number of ether oxygens (including phenoxy) is 1. The van der Waals surface area contributed by atoms with Gasteiger partial charge in [-0.05, 0) is 24.3 Å². The lowest BCUT2D eigenvalue weighted by Gasteiger charge is -2.04. The van der Waals surface area contributed by atoms with E-state index >= 15 is 0 Å². The van der Waals surface area contributed by atoms with Crippen molar-refractivity contribution in [3.63, 3.8) is 0 Å². The van der Waals surface area contributed by atoms with Crippen LogP contribution < -0.4 is 4.74 Å². The number of para-hydroxylation sites is 2. The maximum absolute atomic E-state index is 9.74. The fraction of sp³-hybridized carbons (Fsp3) is 0.0667. The fourth-order valence-corrected chi connectivity index (χ4v) is 1.97. The van der Waals surface area contributed by atoms with Gasteiger partial charge in [-0.25, -0.2) is 0 Å². The molecule has 0 radical (unpaired) electrons. The van der Waals surface area contributed by atoms with E-state index in [9.17, 15) is 5.11 Å². The third-order valence-electron chi connectivity index (χ3n) is 2.80. The summed E-state index contributed by atoms with van der Waals surface area (Å²) in [5.74, 6) is 1.24. The smallest absolute Gasteiger partial charge is 0.261 e. The van der Waals surface area contributed by atoms with E-state index in [1.54, 1.807) is 36.4 Å². The Balaban J connectivity index is 1.74. The van der Waals surface area contributed by atoms with Gasteiger partial charge in [0, 0.05) is 0 Å². The van der Waals surface area contributed by atoms with Crippen LogP contribution in [0.4, 0.5) is 0 Å². The van der Waals surface area contributed by atoms with Crippen LogP contribution in [0.3, 0.4) is 0 Å². The highest BCUT2D eigenvalue weighted by molar-refractivity contribution is 6.32. The van der Waals surface area contributed by atoms with Crippen molar-refractivity contribution in [2.45, 2.75) is 6.61 Å². The van der Waals surface area contributed by atoms with E-state index in [-0.39, 0.29) is 18.2 Å². The lowest BCUT2D eigenvalue weighted by molar-refractivity contribution is 0.287. The Morgan fingerprint density at radius 2 is 1.86 bits per heavy atom. The third-order valence-corrected chi connectivity index (χ3v) is 3.11. The van der Waals surface area contributed by atoms with Crippen LogP contribution in [0.2, 0.25) is 5.02 Å². The molecule has 0 amide bonds. The molecular formula is C15H11ClN2O3. The van der Waals surface area contributed by atoms with Crippen LogP contribution in [-0.2, 0) is 6.61 Å². The van der Waals surface area contributed by atoms with Crippen molar-refractivity contribution in [2.24, 2.45) is 0 Å². The predicted molar refractivity (Wildman–Crippen MR) is 77.2 cm³/mol. The van der Waals surface area contributed by atoms with Crippen molar-refractivity contribution < 1.29 is 14.4 Å². The summed E-state index contributed by atoms with van der Waals surface area (Å²) in [5, 5.41) is 14.1. The van der Waals surface area contributed by atoms with Gasteiger partial charge < -0.3 is 14.4 Å². The average molecular weight is 303 g/mol. The molecule has 6 heteroatoms. The number of hydrogen-bond acceptors (Lipinski definition) is 5. The van der Waals surface area contributed by atoms with Crippen LogP contribution in [0.15, 0.2) is 53.1 Å². The molecule has 1 heterocycles. The van der Waals surface area contributed by atoms with E-state index in [1.807, 2.05) is 12.1 Å². The number of aromatic nitrogens is 2. The van der Waals surface area contributed by atoms with Crippen molar-refractivity contribution in [1.29, 1.82) is 0 Å². The third kappa shape index (κ3) is 2.98. The first-order valence-corrected chi connectivity index (χ1v) is 6.60. The number of benzene rings is 2. The Labute approximate surface area is 125 Å². The molecule has 0 fully saturated rings. The molecule has 0 unspecified atom stereocenters. The summed E-state index contributed by atoms with van der Waals surface area (Å²) in [4.78, 5) is 4.18. The summed E-state index contributed by atoms with van der Waals surface area (Å²) in [6.07, 6.45) is 0. The van der Waals surface area contributed by atoms with E-state index in [0.29, 0.717) is 22.2 Å². The molecule has 2 aromatic carbocycles. The Morgan fingerprint density at radius 3 is 2.67 bits per heavy atom. The summed E-state index contributed by atoms with van der Waals surface area (Å²) in [6.45, 7) is 0.126. The van der Waals surface area contributed by atoms with Crippen molar-refractivity contribution in [2.75, 3.05) is 0 Å². The normalized spacial score (nSPS) is 10.5. The molecule has 0 aliphatic heterocycles. The van der Waals surface area contributed by atoms with Crippen LogP contribution in [0.5, 0.6) is 11.5 Å². The zero-order valence-electron chi connectivity index (χ0n) is 10.9. The highest BCUT2D eigenvalue weighted by atomic mass is 35.5. The van der Waals surface area contributed by atoms with Gasteiger partial charge in [-0.15, -0.1) is 0 Å². The van der Waals surface area contributed by atoms with Crippen LogP contribution in [0.25, 0.3) is 11.5 Å². The Bertz CT molecular complexity index is 758. The van der Waals surface area contributed by atoms with Gasteiger partial charge in [-0.3, -0.25) is 0 Å². The standard InChI is InChI=1S/C15H11ClN2O3/c16-11-6-2-4-8-13(11)20-9-14-17-15(21-18-14)10-5-1-3-7-12(10)19/h1-8,19H,9H2. The van der Waals surface area contributed by atoms with E-state index in [1.165, 1.54) is 0 Å². The maximum Gasteiger partial charge on any atom is 0.261 e. The average Bonchev–Trinajstić information content (AvgIpc) is 2.96. The van der Waals surface area contributed by atoms with Crippen molar-refractivity contribution in [1.82, 2.24) is 10.1 Å². The number of phenols is 1. The second kappa shape index (κ2) is 5.85. The summed E-state index contributed by atoms with van der Waals surface area (Å²) >= 11 is 5.99. The fourth-order valence-electron chi connectivity index (χ4n) is 1.78. The molecule has 106 valence electrons. The number of phenolic OH excluding ortho intramolecular Hbond substituents is 1. The largest absolute Gasteiger partial charge is 0.507 e. The summed E-state index contributed by atoms with van der Waals surface area (Å²) < 4.78 is 10.6. The molecule has 5 nitrogen and oxygen atoms in total. The van der Waals surface area contributed by atoms with Crippen molar-refractivity contribution in [3.05, 3.63) is 59.4 Å². The molecule has 0 atom stereocenters. The zero-order chi connectivity index (χ0) is 14.7. The Kier molecular flexibility index (Phi) is 3.75. The van der Waals surface area contributed by atoms with Gasteiger partial charge in [-0.2, -0.15) is 4.98 Å². The first kappa shape index (κ1) is 13.5.